The van der Waals surface area contributed by atoms with Crippen LogP contribution in [0.3, 0.4) is 0 Å². The van der Waals surface area contributed by atoms with Crippen LogP contribution >= 0.6 is 0 Å². The minimum Gasteiger partial charge on any atom is -0.388 e. The summed E-state index contributed by atoms with van der Waals surface area (Å²) < 4.78 is 15.0. The third kappa shape index (κ3) is 9.61. The molecule has 0 aliphatic rings. The fourth-order valence-electron chi connectivity index (χ4n) is 2.94. The number of nitrogens with zero attached hydrogens (tertiary/aromatic N) is 3. The van der Waals surface area contributed by atoms with E-state index in [4.69, 9.17) is 20.5 Å². The van der Waals surface area contributed by atoms with E-state index < -0.39 is 17.9 Å². The van der Waals surface area contributed by atoms with Crippen LogP contribution in [0.1, 0.15) is 11.1 Å². The van der Waals surface area contributed by atoms with Crippen LogP contribution in [0.25, 0.3) is 0 Å². The molecule has 0 aromatic heterocycles. The third-order valence-electron chi connectivity index (χ3n) is 4.73. The van der Waals surface area contributed by atoms with Crippen LogP contribution in [0.4, 0.5) is 5.69 Å². The number of ether oxygens (including phenoxy) is 3. The van der Waals surface area contributed by atoms with Crippen LogP contribution in [0.2, 0.25) is 0 Å². The van der Waals surface area contributed by atoms with Crippen molar-refractivity contribution in [3.05, 3.63) is 59.7 Å². The van der Waals surface area contributed by atoms with E-state index in [1.165, 1.54) is 12.2 Å². The number of nitriles is 1. The molecular formula is C24H22N4O7. The lowest BCUT2D eigenvalue weighted by molar-refractivity contribution is -0.136. The van der Waals surface area contributed by atoms with E-state index in [0.717, 1.165) is 5.56 Å². The zero-order valence-electron chi connectivity index (χ0n) is 18.6. The Morgan fingerprint density at radius 3 is 2.09 bits per heavy atom. The molecule has 0 aliphatic carbocycles. The van der Waals surface area contributed by atoms with Gasteiger partial charge in [-0.2, -0.15) is 9.98 Å². The van der Waals surface area contributed by atoms with Crippen molar-refractivity contribution in [3.8, 4) is 12.0 Å². The van der Waals surface area contributed by atoms with E-state index in [-0.39, 0.29) is 38.6 Å². The molecule has 0 bridgehead atoms. The SMILES string of the molecule is N#COc1ccc(CC(N)C(=O)COCOCC(=O)C(Cc2ccc(N=C=O)cc2)N=C=O)cc1. The standard InChI is InChI=1S/C24H22N4O7/c25-13-35-20-7-3-17(4-8-20)9-21(26)23(31)11-33-16-34-12-24(32)22(28-15-30)10-18-1-5-19(6-2-18)27-14-29/h1-8,21-22H,9-12,16,26H2. The minimum atomic E-state index is -1.01. The van der Waals surface area contributed by atoms with Crippen LogP contribution in [0, 0.1) is 11.5 Å². The van der Waals surface area contributed by atoms with Crippen LogP contribution in [-0.4, -0.2) is 55.8 Å². The summed E-state index contributed by atoms with van der Waals surface area (Å²) in [6.07, 6.45) is 4.76. The van der Waals surface area contributed by atoms with Crippen molar-refractivity contribution in [2.75, 3.05) is 20.0 Å². The van der Waals surface area contributed by atoms with Crippen molar-refractivity contribution < 1.29 is 33.4 Å². The molecular weight excluding hydrogens is 456 g/mol. The Morgan fingerprint density at radius 2 is 1.49 bits per heavy atom. The first kappa shape index (κ1) is 27.0. The molecule has 0 aliphatic heterocycles. The lowest BCUT2D eigenvalue weighted by Crippen LogP contribution is -2.35. The van der Waals surface area contributed by atoms with Crippen molar-refractivity contribution in [2.45, 2.75) is 24.9 Å². The maximum absolute atomic E-state index is 12.3. The molecule has 35 heavy (non-hydrogen) atoms. The van der Waals surface area contributed by atoms with E-state index in [9.17, 15) is 19.2 Å². The molecule has 11 nitrogen and oxygen atoms in total. The normalized spacial score (nSPS) is 11.8. The Bertz CT molecular complexity index is 1130. The van der Waals surface area contributed by atoms with Crippen molar-refractivity contribution in [3.63, 3.8) is 0 Å². The summed E-state index contributed by atoms with van der Waals surface area (Å²) in [5, 5.41) is 8.48. The molecule has 0 fully saturated rings. The van der Waals surface area contributed by atoms with Gasteiger partial charge in [-0.3, -0.25) is 9.59 Å². The van der Waals surface area contributed by atoms with Crippen LogP contribution < -0.4 is 10.5 Å². The van der Waals surface area contributed by atoms with Gasteiger partial charge in [0.1, 0.15) is 31.8 Å². The summed E-state index contributed by atoms with van der Waals surface area (Å²) in [6.45, 7) is -1.03. The zero-order valence-corrected chi connectivity index (χ0v) is 18.6. The molecule has 0 saturated carbocycles. The van der Waals surface area contributed by atoms with Gasteiger partial charge in [-0.05, 0) is 41.8 Å². The number of carbonyl (C=O) groups excluding carboxylic acids is 4. The summed E-state index contributed by atoms with van der Waals surface area (Å²) in [6, 6.07) is 11.2. The fraction of sp³-hybridized carbons (Fsp3) is 0.292. The summed E-state index contributed by atoms with van der Waals surface area (Å²) in [5.41, 5.74) is 7.78. The van der Waals surface area contributed by atoms with Crippen molar-refractivity contribution in [1.29, 1.82) is 5.26 Å². The minimum absolute atomic E-state index is 0.125. The topological polar surface area (TPSA) is 170 Å². The number of aliphatic imine (C=N–C) groups is 2. The monoisotopic (exact) mass is 478 g/mol. The second-order valence-corrected chi connectivity index (χ2v) is 7.21. The number of hydrogen-bond acceptors (Lipinski definition) is 11. The first-order chi connectivity index (χ1) is 17.0. The highest BCUT2D eigenvalue weighted by atomic mass is 16.7. The van der Waals surface area contributed by atoms with Crippen LogP contribution in [-0.2, 0) is 41.5 Å². The molecule has 2 aromatic carbocycles. The average Bonchev–Trinajstić information content (AvgIpc) is 2.86. The first-order valence-corrected chi connectivity index (χ1v) is 10.3. The highest BCUT2D eigenvalue weighted by Gasteiger charge is 2.19. The summed E-state index contributed by atoms with van der Waals surface area (Å²) in [5.74, 6) is -0.448. The number of benzene rings is 2. The van der Waals surface area contributed by atoms with E-state index >= 15 is 0 Å². The van der Waals surface area contributed by atoms with Gasteiger partial charge in [0, 0.05) is 6.42 Å². The summed E-state index contributed by atoms with van der Waals surface area (Å²) >= 11 is 0. The van der Waals surface area contributed by atoms with Crippen molar-refractivity contribution in [1.82, 2.24) is 0 Å². The van der Waals surface area contributed by atoms with E-state index in [2.05, 4.69) is 14.7 Å². The third-order valence-corrected chi connectivity index (χ3v) is 4.73. The number of isocyanates is 2. The Hall–Kier alpha value is -4.29. The molecule has 0 heterocycles. The molecule has 11 heteroatoms. The molecule has 2 aromatic rings. The number of rotatable bonds is 15. The molecule has 2 atom stereocenters. The molecule has 2 rings (SSSR count). The Labute approximate surface area is 200 Å². The molecule has 2 N–H and O–H groups in total. The maximum Gasteiger partial charge on any atom is 0.292 e. The number of hydrogen-bond donors (Lipinski definition) is 1. The Balaban J connectivity index is 1.72. The van der Waals surface area contributed by atoms with Gasteiger partial charge in [0.15, 0.2) is 11.6 Å². The first-order valence-electron chi connectivity index (χ1n) is 10.3. The van der Waals surface area contributed by atoms with Gasteiger partial charge >= 0.3 is 0 Å². The molecule has 0 amide bonds. The Morgan fingerprint density at radius 1 is 0.886 bits per heavy atom. The summed E-state index contributed by atoms with van der Waals surface area (Å²) in [7, 11) is 0. The Kier molecular flexibility index (Phi) is 11.4. The lowest BCUT2D eigenvalue weighted by Gasteiger charge is -2.12. The van der Waals surface area contributed by atoms with E-state index in [1.807, 2.05) is 0 Å². The highest BCUT2D eigenvalue weighted by Crippen LogP contribution is 2.15. The van der Waals surface area contributed by atoms with Crippen molar-refractivity contribution in [2.24, 2.45) is 15.7 Å². The largest absolute Gasteiger partial charge is 0.388 e. The highest BCUT2D eigenvalue weighted by molar-refractivity contribution is 5.86. The van der Waals surface area contributed by atoms with Gasteiger partial charge in [-0.1, -0.05) is 24.3 Å². The van der Waals surface area contributed by atoms with Gasteiger partial charge in [0.05, 0.1) is 11.7 Å². The maximum atomic E-state index is 12.3. The fourth-order valence-corrected chi connectivity index (χ4v) is 2.94. The summed E-state index contributed by atoms with van der Waals surface area (Å²) in [4.78, 5) is 52.5. The van der Waals surface area contributed by atoms with Gasteiger partial charge in [-0.25, -0.2) is 9.59 Å². The molecule has 0 saturated heterocycles. The van der Waals surface area contributed by atoms with Crippen LogP contribution in [0.5, 0.6) is 5.75 Å². The van der Waals surface area contributed by atoms with Gasteiger partial charge < -0.3 is 19.9 Å². The predicted octanol–water partition coefficient (Wildman–Crippen LogP) is 1.46. The quantitative estimate of drug-likeness (QED) is 0.131. The van der Waals surface area contributed by atoms with Gasteiger partial charge in [0.25, 0.3) is 6.26 Å². The van der Waals surface area contributed by atoms with E-state index in [1.54, 1.807) is 54.8 Å². The smallest absolute Gasteiger partial charge is 0.292 e. The second-order valence-electron chi connectivity index (χ2n) is 7.21. The number of nitrogens with two attached hydrogens (primary N) is 1. The number of ketones is 2. The second kappa shape index (κ2) is 14.8. The van der Waals surface area contributed by atoms with Gasteiger partial charge in [0.2, 0.25) is 12.2 Å². The van der Waals surface area contributed by atoms with E-state index in [0.29, 0.717) is 17.0 Å². The van der Waals surface area contributed by atoms with Gasteiger partial charge in [-0.15, -0.1) is 5.26 Å². The lowest BCUT2D eigenvalue weighted by atomic mass is 10.0. The van der Waals surface area contributed by atoms with Crippen LogP contribution in [0.15, 0.2) is 58.5 Å². The zero-order chi connectivity index (χ0) is 25.5. The molecule has 180 valence electrons. The molecule has 0 radical (unpaired) electrons. The predicted molar refractivity (Wildman–Crippen MR) is 121 cm³/mol. The molecule has 0 spiro atoms. The van der Waals surface area contributed by atoms with Crippen molar-refractivity contribution >= 4 is 29.4 Å². The average molecular weight is 478 g/mol. The molecule has 2 unspecified atom stereocenters. The number of carbonyl (C=O) groups is 2. The number of Topliss-reactive ketones (excluding diaryl/α,β-unsaturated/α-hetero) is 2.